The Kier molecular flexibility index (Phi) is 15.0. The highest BCUT2D eigenvalue weighted by atomic mass is 16.7. The molecule has 0 radical (unpaired) electrons. The van der Waals surface area contributed by atoms with Crippen LogP contribution in [0.25, 0.3) is 0 Å². The molecule has 3 heterocycles. The first-order chi connectivity index (χ1) is 32.3. The smallest absolute Gasteiger partial charge is 0.310 e. The minimum atomic E-state index is -1.95. The molecule has 69 heavy (non-hydrogen) atoms. The monoisotopic (exact) mass is 991 g/mol. The molecule has 0 aromatic carbocycles. The lowest BCUT2D eigenvalue weighted by Crippen LogP contribution is -2.73. The van der Waals surface area contributed by atoms with Crippen LogP contribution in [-0.2, 0) is 33.2 Å². The number of aliphatic hydroxyl groups excluding tert-OH is 13. The average molecular weight is 991 g/mol. The van der Waals surface area contributed by atoms with Gasteiger partial charge in [0.1, 0.15) is 73.2 Å². The van der Waals surface area contributed by atoms with Gasteiger partial charge in [-0.1, -0.05) is 53.2 Å². The second kappa shape index (κ2) is 19.3. The average Bonchev–Trinajstić information content (AvgIpc) is 3.30. The molecule has 21 heteroatoms. The van der Waals surface area contributed by atoms with Crippen LogP contribution in [-0.4, -0.2) is 214 Å². The van der Waals surface area contributed by atoms with Crippen molar-refractivity contribution in [1.82, 2.24) is 0 Å². The Bertz CT molecular complexity index is 1870. The van der Waals surface area contributed by atoms with E-state index in [0.29, 0.717) is 25.7 Å². The van der Waals surface area contributed by atoms with Crippen molar-refractivity contribution < 1.29 is 105 Å². The Hall–Kier alpha value is -1.55. The second-order valence-electron chi connectivity index (χ2n) is 23.1. The van der Waals surface area contributed by atoms with Crippen molar-refractivity contribution in [2.75, 3.05) is 26.4 Å². The molecule has 8 rings (SSSR count). The Morgan fingerprint density at radius 1 is 0.667 bits per heavy atom. The Labute approximate surface area is 401 Å². The molecule has 0 spiro atoms. The van der Waals surface area contributed by atoms with E-state index >= 15 is 0 Å². The van der Waals surface area contributed by atoms with Crippen molar-refractivity contribution in [3.63, 3.8) is 0 Å². The van der Waals surface area contributed by atoms with E-state index in [-0.39, 0.29) is 36.5 Å². The predicted octanol–water partition coefficient (Wildman–Crippen LogP) is -2.52. The largest absolute Gasteiger partial charge is 0.481 e. The molecule has 0 aromatic heterocycles. The van der Waals surface area contributed by atoms with Crippen molar-refractivity contribution in [2.45, 2.75) is 197 Å². The number of ether oxygens (including phenoxy) is 6. The van der Waals surface area contributed by atoms with Gasteiger partial charge in [0.15, 0.2) is 18.9 Å². The first kappa shape index (κ1) is 53.7. The van der Waals surface area contributed by atoms with Gasteiger partial charge in [-0.25, -0.2) is 0 Å². The quantitative estimate of drug-likeness (QED) is 0.0750. The first-order valence-electron chi connectivity index (χ1n) is 24.8. The second-order valence-corrected chi connectivity index (χ2v) is 23.1. The summed E-state index contributed by atoms with van der Waals surface area (Å²) in [6.07, 6.45) is -24.9. The molecule has 5 aliphatic carbocycles. The van der Waals surface area contributed by atoms with Crippen molar-refractivity contribution in [3.05, 3.63) is 11.6 Å². The van der Waals surface area contributed by atoms with Crippen molar-refractivity contribution in [3.8, 4) is 0 Å². The third-order valence-corrected chi connectivity index (χ3v) is 19.7. The van der Waals surface area contributed by atoms with Crippen LogP contribution in [0.15, 0.2) is 11.6 Å². The number of carboxylic acid groups (broad SMARTS) is 1. The fourth-order valence-corrected chi connectivity index (χ4v) is 15.6. The van der Waals surface area contributed by atoms with E-state index in [1.807, 2.05) is 6.92 Å². The molecule has 8 aliphatic rings. The molecular formula is C48H78O21. The van der Waals surface area contributed by atoms with E-state index in [1.54, 1.807) is 6.92 Å². The molecule has 4 saturated carbocycles. The number of hydrogen-bond donors (Lipinski definition) is 14. The molecule has 7 fully saturated rings. The lowest BCUT2D eigenvalue weighted by molar-refractivity contribution is -0.381. The Morgan fingerprint density at radius 2 is 1.17 bits per heavy atom. The van der Waals surface area contributed by atoms with Gasteiger partial charge in [-0.05, 0) is 84.9 Å². The summed E-state index contributed by atoms with van der Waals surface area (Å²) in [5.41, 5.74) is -3.89. The van der Waals surface area contributed by atoms with Crippen molar-refractivity contribution in [2.24, 2.45) is 56.7 Å². The van der Waals surface area contributed by atoms with E-state index in [4.69, 9.17) is 28.4 Å². The van der Waals surface area contributed by atoms with Gasteiger partial charge in [0.2, 0.25) is 0 Å². The van der Waals surface area contributed by atoms with Crippen molar-refractivity contribution >= 4 is 5.97 Å². The van der Waals surface area contributed by atoms with Crippen molar-refractivity contribution in [1.29, 1.82) is 0 Å². The van der Waals surface area contributed by atoms with Crippen LogP contribution >= 0.6 is 0 Å². The number of rotatable bonds is 11. The zero-order valence-corrected chi connectivity index (χ0v) is 40.3. The zero-order valence-electron chi connectivity index (χ0n) is 40.3. The highest BCUT2D eigenvalue weighted by Crippen LogP contribution is 2.76. The van der Waals surface area contributed by atoms with E-state index < -0.39 is 176 Å². The molecule has 0 amide bonds. The van der Waals surface area contributed by atoms with Crippen LogP contribution < -0.4 is 0 Å². The van der Waals surface area contributed by atoms with E-state index in [9.17, 15) is 76.3 Å². The molecule has 0 aromatic rings. The fourth-order valence-electron chi connectivity index (χ4n) is 15.6. The Balaban J connectivity index is 1.27. The SMILES string of the molecule is CC1CCC2(C(=O)O)CCC3(C)C(=CCC4C5(C)CC(OC6OC(CO)C(O)C(O)C6O)C(OC6OC(CO)C(O)C(O)C6O)C(C)(COC6OC(CO)C(O)C(O)C6O)C5C(O)CC43C)C2C1C. The highest BCUT2D eigenvalue weighted by molar-refractivity contribution is 5.76. The molecule has 3 saturated heterocycles. The standard InChI is InChI=1S/C48H78O21/c1-19-9-10-48(43(62)63)12-11-46(5)21(28(48)20(19)2)7-8-27-44(3)14-23(65-41-36(60)33(57)30(54)25(16-50)67-41)39(69-42-37(61)34(58)31(55)26(17-51)68-42)45(4,38(44)22(52)13-47(27,46)6)18-64-40-35(59)32(56)29(53)24(15-49)66-40/h7,19-20,22-42,49-61H,8-18H2,1-6H3,(H,62,63). The molecule has 0 bridgehead atoms. The first-order valence-corrected chi connectivity index (χ1v) is 24.8. The van der Waals surface area contributed by atoms with E-state index in [0.717, 1.165) is 12.0 Å². The van der Waals surface area contributed by atoms with Crippen LogP contribution in [0.4, 0.5) is 0 Å². The van der Waals surface area contributed by atoms with Gasteiger partial charge >= 0.3 is 5.97 Å². The Morgan fingerprint density at radius 3 is 1.70 bits per heavy atom. The number of carboxylic acids is 1. The van der Waals surface area contributed by atoms with Gasteiger partial charge in [0.25, 0.3) is 0 Å². The topological polar surface area (TPSA) is 356 Å². The maximum absolute atomic E-state index is 13.4. The lowest BCUT2D eigenvalue weighted by Gasteiger charge is -2.73. The molecule has 28 atom stereocenters. The minimum Gasteiger partial charge on any atom is -0.481 e. The van der Waals surface area contributed by atoms with Gasteiger partial charge in [0, 0.05) is 11.3 Å². The van der Waals surface area contributed by atoms with Crippen LogP contribution in [0, 0.1) is 56.7 Å². The lowest BCUT2D eigenvalue weighted by atomic mass is 9.32. The number of hydrogen-bond acceptors (Lipinski definition) is 20. The summed E-state index contributed by atoms with van der Waals surface area (Å²) in [7, 11) is 0. The molecule has 396 valence electrons. The predicted molar refractivity (Wildman–Crippen MR) is 235 cm³/mol. The summed E-state index contributed by atoms with van der Waals surface area (Å²) in [4.78, 5) is 13.4. The van der Waals surface area contributed by atoms with Gasteiger partial charge in [-0.2, -0.15) is 0 Å². The van der Waals surface area contributed by atoms with E-state index in [1.165, 1.54) is 0 Å². The molecule has 28 unspecified atom stereocenters. The third kappa shape index (κ3) is 8.20. The summed E-state index contributed by atoms with van der Waals surface area (Å²) >= 11 is 0. The van der Waals surface area contributed by atoms with Crippen LogP contribution in [0.5, 0.6) is 0 Å². The zero-order chi connectivity index (χ0) is 50.7. The number of allylic oxidation sites excluding steroid dienone is 2. The minimum absolute atomic E-state index is 0.0170. The summed E-state index contributed by atoms with van der Waals surface area (Å²) in [5.74, 6) is -1.96. The van der Waals surface area contributed by atoms with Crippen LogP contribution in [0.3, 0.4) is 0 Å². The summed E-state index contributed by atoms with van der Waals surface area (Å²) in [6.45, 7) is 9.41. The maximum atomic E-state index is 13.4. The summed E-state index contributed by atoms with van der Waals surface area (Å²) in [6, 6.07) is 0. The number of carbonyl (C=O) groups is 1. The van der Waals surface area contributed by atoms with Gasteiger partial charge in [-0.3, -0.25) is 4.79 Å². The van der Waals surface area contributed by atoms with Gasteiger partial charge < -0.3 is 99.9 Å². The molecule has 14 N–H and O–H groups in total. The van der Waals surface area contributed by atoms with Crippen LogP contribution in [0.2, 0.25) is 0 Å². The summed E-state index contributed by atoms with van der Waals surface area (Å²) in [5, 5.41) is 153. The van der Waals surface area contributed by atoms with Crippen LogP contribution in [0.1, 0.15) is 86.5 Å². The highest BCUT2D eigenvalue weighted by Gasteiger charge is 2.74. The number of aliphatic carboxylic acids is 1. The normalized spacial score (nSPS) is 56.5. The molecular weight excluding hydrogens is 913 g/mol. The summed E-state index contributed by atoms with van der Waals surface area (Å²) < 4.78 is 37.4. The molecule has 21 nitrogen and oxygen atoms in total. The third-order valence-electron chi connectivity index (χ3n) is 19.7. The van der Waals surface area contributed by atoms with Gasteiger partial charge in [0.05, 0.1) is 50.2 Å². The number of aliphatic hydroxyl groups is 13. The number of fused-ring (bicyclic) bond motifs is 7. The maximum Gasteiger partial charge on any atom is 0.310 e. The molecule has 3 aliphatic heterocycles. The fraction of sp³-hybridized carbons (Fsp3) is 0.938. The van der Waals surface area contributed by atoms with Gasteiger partial charge in [-0.15, -0.1) is 0 Å². The van der Waals surface area contributed by atoms with E-state index in [2.05, 4.69) is 33.8 Å².